The van der Waals surface area contributed by atoms with Crippen LogP contribution < -0.4 is 15.5 Å². The van der Waals surface area contributed by atoms with E-state index in [0.29, 0.717) is 22.6 Å². The van der Waals surface area contributed by atoms with Gasteiger partial charge >= 0.3 is 0 Å². The summed E-state index contributed by atoms with van der Waals surface area (Å²) in [4.78, 5) is 39.0. The first-order valence-electron chi connectivity index (χ1n) is 9.53. The van der Waals surface area contributed by atoms with E-state index in [9.17, 15) is 14.4 Å². The molecule has 2 N–H and O–H groups in total. The van der Waals surface area contributed by atoms with Crippen molar-refractivity contribution in [3.8, 4) is 0 Å². The minimum atomic E-state index is -0.603. The zero-order valence-electron chi connectivity index (χ0n) is 16.6. The third-order valence-electron chi connectivity index (χ3n) is 4.75. The van der Waals surface area contributed by atoms with Crippen molar-refractivity contribution in [1.82, 2.24) is 0 Å². The number of benzene rings is 3. The quantitative estimate of drug-likeness (QED) is 0.575. The smallest absolute Gasteiger partial charge is 0.283 e. The molecule has 31 heavy (non-hydrogen) atoms. The molecule has 0 saturated heterocycles. The molecule has 3 amide bonds. The number of carbonyl (C=O) groups excluding carboxylic acids is 3. The van der Waals surface area contributed by atoms with Crippen molar-refractivity contribution in [1.29, 1.82) is 0 Å². The van der Waals surface area contributed by atoms with E-state index in [-0.39, 0.29) is 16.6 Å². The maximum Gasteiger partial charge on any atom is 0.283 e. The second-order valence-corrected chi connectivity index (χ2v) is 7.37. The minimum absolute atomic E-state index is 0.0355. The molecule has 3 aromatic carbocycles. The van der Waals surface area contributed by atoms with Gasteiger partial charge < -0.3 is 10.6 Å². The van der Waals surface area contributed by atoms with Crippen LogP contribution in [0.3, 0.4) is 0 Å². The Morgan fingerprint density at radius 1 is 0.839 bits per heavy atom. The van der Waals surface area contributed by atoms with Crippen LogP contribution in [-0.4, -0.2) is 17.7 Å². The number of imide groups is 1. The normalized spacial score (nSPS) is 13.5. The predicted molar refractivity (Wildman–Crippen MR) is 121 cm³/mol. The van der Waals surface area contributed by atoms with Crippen LogP contribution in [-0.2, 0) is 9.59 Å². The Labute approximate surface area is 184 Å². The highest BCUT2D eigenvalue weighted by Gasteiger charge is 2.38. The molecule has 0 saturated carbocycles. The average molecular weight is 432 g/mol. The molecule has 0 atom stereocenters. The first kappa shape index (κ1) is 20.4. The summed E-state index contributed by atoms with van der Waals surface area (Å²) in [6.07, 6.45) is 0. The van der Waals surface area contributed by atoms with Crippen LogP contribution in [0.5, 0.6) is 0 Å². The third-order valence-corrected chi connectivity index (χ3v) is 5.10. The first-order valence-corrected chi connectivity index (χ1v) is 9.90. The Balaban J connectivity index is 1.53. The molecular weight excluding hydrogens is 414 g/mol. The standard InChI is InChI=1S/C24H18ClN3O3/c1-15-10-12-17(13-11-15)27-22(29)16-6-5-7-18(14-16)26-21-20(25)23(30)28(24(21)31)19-8-3-2-4-9-19/h2-14,26H,1H3,(H,27,29). The number of rotatable bonds is 5. The van der Waals surface area contributed by atoms with Crippen molar-refractivity contribution in [2.45, 2.75) is 6.92 Å². The number of aryl methyl sites for hydroxylation is 1. The van der Waals surface area contributed by atoms with Crippen molar-refractivity contribution in [2.75, 3.05) is 15.5 Å². The lowest BCUT2D eigenvalue weighted by atomic mass is 10.1. The number of halogens is 1. The maximum absolute atomic E-state index is 12.8. The highest BCUT2D eigenvalue weighted by atomic mass is 35.5. The van der Waals surface area contributed by atoms with E-state index in [0.717, 1.165) is 10.5 Å². The fourth-order valence-electron chi connectivity index (χ4n) is 3.15. The predicted octanol–water partition coefficient (Wildman–Crippen LogP) is 4.68. The molecule has 3 aromatic rings. The summed E-state index contributed by atoms with van der Waals surface area (Å²) >= 11 is 6.17. The number of hydrogen-bond donors (Lipinski definition) is 2. The lowest BCUT2D eigenvalue weighted by molar-refractivity contribution is -0.120. The largest absolute Gasteiger partial charge is 0.350 e. The molecule has 0 unspecified atom stereocenters. The zero-order valence-corrected chi connectivity index (χ0v) is 17.3. The van der Waals surface area contributed by atoms with Crippen LogP contribution in [0.25, 0.3) is 0 Å². The van der Waals surface area contributed by atoms with E-state index in [4.69, 9.17) is 11.6 Å². The van der Waals surface area contributed by atoms with E-state index in [1.807, 2.05) is 31.2 Å². The molecule has 0 radical (unpaired) electrons. The molecule has 154 valence electrons. The SMILES string of the molecule is Cc1ccc(NC(=O)c2cccc(NC3=C(Cl)C(=O)N(c4ccccc4)C3=O)c2)cc1. The number of anilines is 3. The van der Waals surface area contributed by atoms with E-state index in [1.54, 1.807) is 54.6 Å². The van der Waals surface area contributed by atoms with E-state index in [2.05, 4.69) is 10.6 Å². The van der Waals surface area contributed by atoms with E-state index in [1.165, 1.54) is 0 Å². The summed E-state index contributed by atoms with van der Waals surface area (Å²) in [6, 6.07) is 22.6. The van der Waals surface area contributed by atoms with Gasteiger partial charge in [-0.3, -0.25) is 14.4 Å². The van der Waals surface area contributed by atoms with Gasteiger partial charge in [0.05, 0.1) is 5.69 Å². The highest BCUT2D eigenvalue weighted by Crippen LogP contribution is 2.30. The monoisotopic (exact) mass is 431 g/mol. The van der Waals surface area contributed by atoms with Crippen molar-refractivity contribution in [3.05, 3.63) is 101 Å². The van der Waals surface area contributed by atoms with Crippen LogP contribution in [0.15, 0.2) is 89.6 Å². The molecule has 0 aromatic heterocycles. The zero-order chi connectivity index (χ0) is 22.0. The average Bonchev–Trinajstić information content (AvgIpc) is 2.99. The first-order chi connectivity index (χ1) is 14.9. The second kappa shape index (κ2) is 8.45. The molecule has 0 fully saturated rings. The Hall–Kier alpha value is -3.90. The van der Waals surface area contributed by atoms with Gasteiger partial charge in [-0.25, -0.2) is 4.90 Å². The number of nitrogens with one attached hydrogen (secondary N) is 2. The summed E-state index contributed by atoms with van der Waals surface area (Å²) in [5.41, 5.74) is 3.01. The van der Waals surface area contributed by atoms with Crippen molar-refractivity contribution < 1.29 is 14.4 Å². The van der Waals surface area contributed by atoms with Gasteiger partial charge in [0.2, 0.25) is 0 Å². The van der Waals surface area contributed by atoms with Gasteiger partial charge in [-0.1, -0.05) is 53.6 Å². The lowest BCUT2D eigenvalue weighted by Gasteiger charge is -2.15. The van der Waals surface area contributed by atoms with Crippen LogP contribution >= 0.6 is 11.6 Å². The van der Waals surface area contributed by atoms with Gasteiger partial charge in [0.1, 0.15) is 10.7 Å². The van der Waals surface area contributed by atoms with Crippen molar-refractivity contribution in [3.63, 3.8) is 0 Å². The van der Waals surface area contributed by atoms with Crippen LogP contribution in [0.1, 0.15) is 15.9 Å². The molecular formula is C24H18ClN3O3. The molecule has 0 bridgehead atoms. The van der Waals surface area contributed by atoms with Gasteiger partial charge in [0.15, 0.2) is 0 Å². The van der Waals surface area contributed by atoms with Crippen LogP contribution in [0.2, 0.25) is 0 Å². The molecule has 1 aliphatic rings. The molecule has 0 spiro atoms. The molecule has 1 aliphatic heterocycles. The highest BCUT2D eigenvalue weighted by molar-refractivity contribution is 6.53. The Morgan fingerprint density at radius 3 is 2.26 bits per heavy atom. The Morgan fingerprint density at radius 2 is 1.55 bits per heavy atom. The van der Waals surface area contributed by atoms with Crippen LogP contribution in [0.4, 0.5) is 17.1 Å². The van der Waals surface area contributed by atoms with Gasteiger partial charge in [-0.05, 0) is 49.4 Å². The fourth-order valence-corrected chi connectivity index (χ4v) is 3.36. The third kappa shape index (κ3) is 4.20. The van der Waals surface area contributed by atoms with E-state index >= 15 is 0 Å². The molecule has 4 rings (SSSR count). The van der Waals surface area contributed by atoms with E-state index < -0.39 is 11.8 Å². The van der Waals surface area contributed by atoms with Crippen molar-refractivity contribution >= 4 is 46.4 Å². The molecule has 6 nitrogen and oxygen atoms in total. The molecule has 0 aliphatic carbocycles. The fraction of sp³-hybridized carbons (Fsp3) is 0.0417. The van der Waals surface area contributed by atoms with Gasteiger partial charge in [0, 0.05) is 16.9 Å². The Kier molecular flexibility index (Phi) is 5.56. The van der Waals surface area contributed by atoms with Crippen LogP contribution in [0, 0.1) is 6.92 Å². The molecule has 1 heterocycles. The number of nitrogens with zero attached hydrogens (tertiary/aromatic N) is 1. The summed E-state index contributed by atoms with van der Waals surface area (Å²) in [5, 5.41) is 5.51. The lowest BCUT2D eigenvalue weighted by Crippen LogP contribution is -2.32. The topological polar surface area (TPSA) is 78.5 Å². The summed E-state index contributed by atoms with van der Waals surface area (Å²) < 4.78 is 0. The maximum atomic E-state index is 12.8. The van der Waals surface area contributed by atoms with Crippen molar-refractivity contribution in [2.24, 2.45) is 0 Å². The second-order valence-electron chi connectivity index (χ2n) is 7.00. The number of para-hydroxylation sites is 1. The summed E-state index contributed by atoms with van der Waals surface area (Å²) in [6.45, 7) is 1.97. The summed E-state index contributed by atoms with van der Waals surface area (Å²) in [7, 11) is 0. The van der Waals surface area contributed by atoms with Gasteiger partial charge in [-0.2, -0.15) is 0 Å². The van der Waals surface area contributed by atoms with Gasteiger partial charge in [-0.15, -0.1) is 0 Å². The van der Waals surface area contributed by atoms with Gasteiger partial charge in [0.25, 0.3) is 17.7 Å². The minimum Gasteiger partial charge on any atom is -0.350 e. The Bertz CT molecular complexity index is 1200. The molecule has 7 heteroatoms. The number of hydrogen-bond acceptors (Lipinski definition) is 4. The number of amides is 3. The summed E-state index contributed by atoms with van der Waals surface area (Å²) in [5.74, 6) is -1.46. The number of carbonyl (C=O) groups is 3.